The average Bonchev–Trinajstić information content (AvgIpc) is 2.91. The van der Waals surface area contributed by atoms with Crippen molar-refractivity contribution >= 4 is 11.9 Å². The van der Waals surface area contributed by atoms with Crippen LogP contribution in [0.15, 0.2) is 4.99 Å². The number of hydrogen-bond donors (Lipinski definition) is 3. The lowest BCUT2D eigenvalue weighted by Crippen LogP contribution is -2.44. The van der Waals surface area contributed by atoms with E-state index in [0.29, 0.717) is 31.0 Å². The fourth-order valence-electron chi connectivity index (χ4n) is 2.34. The summed E-state index contributed by atoms with van der Waals surface area (Å²) in [5.74, 6) is 1.46. The Kier molecular flexibility index (Phi) is 8.16. The van der Waals surface area contributed by atoms with E-state index in [2.05, 4.69) is 41.7 Å². The Morgan fingerprint density at radius 2 is 1.90 bits per heavy atom. The third-order valence-electron chi connectivity index (χ3n) is 4.04. The molecular weight excluding hydrogens is 264 g/mol. The summed E-state index contributed by atoms with van der Waals surface area (Å²) in [5.41, 5.74) is 0. The molecule has 1 amide bonds. The standard InChI is InChI=1S/C16H32N4O/c1-5-17-16(19-13(4)12(2)3)18-11-10-15(21)20-14-8-6-7-9-14/h12-14H,5-11H2,1-4H3,(H,20,21)(H2,17,18,19). The van der Waals surface area contributed by atoms with Crippen molar-refractivity contribution < 1.29 is 4.79 Å². The van der Waals surface area contributed by atoms with Crippen molar-refractivity contribution in [2.24, 2.45) is 10.9 Å². The number of carbonyl (C=O) groups excluding carboxylic acids is 1. The van der Waals surface area contributed by atoms with Gasteiger partial charge in [-0.1, -0.05) is 26.7 Å². The molecular formula is C16H32N4O. The number of aliphatic imine (C=N–C) groups is 1. The van der Waals surface area contributed by atoms with E-state index in [1.807, 2.05) is 6.92 Å². The molecule has 0 aromatic rings. The second kappa shape index (κ2) is 9.64. The van der Waals surface area contributed by atoms with Crippen LogP contribution in [0.4, 0.5) is 0 Å². The van der Waals surface area contributed by atoms with Gasteiger partial charge < -0.3 is 16.0 Å². The molecule has 1 unspecified atom stereocenters. The molecule has 1 atom stereocenters. The highest BCUT2D eigenvalue weighted by Gasteiger charge is 2.16. The number of hydrogen-bond acceptors (Lipinski definition) is 2. The number of carbonyl (C=O) groups is 1. The van der Waals surface area contributed by atoms with Gasteiger partial charge in [0.1, 0.15) is 0 Å². The summed E-state index contributed by atoms with van der Waals surface area (Å²) in [6.45, 7) is 9.89. The maximum Gasteiger partial charge on any atom is 0.222 e. The molecule has 1 rings (SSSR count). The zero-order valence-corrected chi connectivity index (χ0v) is 14.0. The summed E-state index contributed by atoms with van der Waals surface area (Å²) < 4.78 is 0. The Morgan fingerprint density at radius 1 is 1.24 bits per heavy atom. The molecule has 0 aliphatic heterocycles. The predicted molar refractivity (Wildman–Crippen MR) is 88.4 cm³/mol. The minimum atomic E-state index is 0.124. The molecule has 1 saturated carbocycles. The molecule has 0 saturated heterocycles. The van der Waals surface area contributed by atoms with Crippen molar-refractivity contribution in [2.75, 3.05) is 13.1 Å². The van der Waals surface area contributed by atoms with Crippen molar-refractivity contribution in [3.8, 4) is 0 Å². The quantitative estimate of drug-likeness (QED) is 0.497. The van der Waals surface area contributed by atoms with Crippen LogP contribution in [0.5, 0.6) is 0 Å². The van der Waals surface area contributed by atoms with Gasteiger partial charge in [-0.05, 0) is 32.6 Å². The lowest BCUT2D eigenvalue weighted by molar-refractivity contribution is -0.121. The number of nitrogens with one attached hydrogen (secondary N) is 3. The van der Waals surface area contributed by atoms with Gasteiger partial charge in [0.05, 0.1) is 6.54 Å². The maximum atomic E-state index is 11.8. The van der Waals surface area contributed by atoms with E-state index in [1.54, 1.807) is 0 Å². The van der Waals surface area contributed by atoms with E-state index in [4.69, 9.17) is 0 Å². The Balaban J connectivity index is 2.33. The Bertz CT molecular complexity index is 335. The van der Waals surface area contributed by atoms with E-state index in [0.717, 1.165) is 25.3 Å². The molecule has 3 N–H and O–H groups in total. The van der Waals surface area contributed by atoms with Crippen LogP contribution >= 0.6 is 0 Å². The molecule has 1 aliphatic carbocycles. The normalized spacial score (nSPS) is 17.9. The molecule has 0 heterocycles. The van der Waals surface area contributed by atoms with Crippen LogP contribution in [-0.4, -0.2) is 37.0 Å². The van der Waals surface area contributed by atoms with E-state index >= 15 is 0 Å². The second-order valence-electron chi connectivity index (χ2n) is 6.24. The van der Waals surface area contributed by atoms with Gasteiger partial charge in [0.2, 0.25) is 5.91 Å². The highest BCUT2D eigenvalue weighted by atomic mass is 16.1. The number of amides is 1. The Hall–Kier alpha value is -1.26. The first kappa shape index (κ1) is 17.8. The number of nitrogens with zero attached hydrogens (tertiary/aromatic N) is 1. The van der Waals surface area contributed by atoms with Gasteiger partial charge in [0.25, 0.3) is 0 Å². The van der Waals surface area contributed by atoms with Crippen LogP contribution in [0, 0.1) is 5.92 Å². The molecule has 122 valence electrons. The Morgan fingerprint density at radius 3 is 2.48 bits per heavy atom. The van der Waals surface area contributed by atoms with Gasteiger partial charge in [0, 0.05) is 25.0 Å². The second-order valence-corrected chi connectivity index (χ2v) is 6.24. The summed E-state index contributed by atoms with van der Waals surface area (Å²) in [6, 6.07) is 0.754. The third kappa shape index (κ3) is 7.34. The molecule has 0 aromatic heterocycles. The van der Waals surface area contributed by atoms with Crippen LogP contribution < -0.4 is 16.0 Å². The zero-order chi connectivity index (χ0) is 15.7. The van der Waals surface area contributed by atoms with Crippen molar-refractivity contribution in [1.29, 1.82) is 0 Å². The van der Waals surface area contributed by atoms with Crippen molar-refractivity contribution in [3.05, 3.63) is 0 Å². The maximum absolute atomic E-state index is 11.8. The van der Waals surface area contributed by atoms with Gasteiger partial charge in [0.15, 0.2) is 5.96 Å². The van der Waals surface area contributed by atoms with Gasteiger partial charge in [-0.15, -0.1) is 0 Å². The third-order valence-corrected chi connectivity index (χ3v) is 4.04. The molecule has 1 aliphatic rings. The van der Waals surface area contributed by atoms with E-state index < -0.39 is 0 Å². The van der Waals surface area contributed by atoms with Crippen molar-refractivity contribution in [3.63, 3.8) is 0 Å². The summed E-state index contributed by atoms with van der Waals surface area (Å²) in [5, 5.41) is 9.69. The van der Waals surface area contributed by atoms with E-state index in [1.165, 1.54) is 12.8 Å². The smallest absolute Gasteiger partial charge is 0.222 e. The minimum absolute atomic E-state index is 0.124. The highest BCUT2D eigenvalue weighted by molar-refractivity contribution is 5.81. The molecule has 0 radical (unpaired) electrons. The lowest BCUT2D eigenvalue weighted by Gasteiger charge is -2.20. The van der Waals surface area contributed by atoms with Crippen LogP contribution in [0.3, 0.4) is 0 Å². The van der Waals surface area contributed by atoms with Crippen LogP contribution in [0.1, 0.15) is 59.8 Å². The SMILES string of the molecule is CCNC(=NCCC(=O)NC1CCCC1)NC(C)C(C)C. The fourth-order valence-corrected chi connectivity index (χ4v) is 2.34. The largest absolute Gasteiger partial charge is 0.357 e. The fraction of sp³-hybridized carbons (Fsp3) is 0.875. The first-order valence-corrected chi connectivity index (χ1v) is 8.37. The monoisotopic (exact) mass is 296 g/mol. The van der Waals surface area contributed by atoms with Gasteiger partial charge in [-0.3, -0.25) is 9.79 Å². The van der Waals surface area contributed by atoms with Gasteiger partial charge >= 0.3 is 0 Å². The van der Waals surface area contributed by atoms with Gasteiger partial charge in [-0.2, -0.15) is 0 Å². The molecule has 0 spiro atoms. The highest BCUT2D eigenvalue weighted by Crippen LogP contribution is 2.17. The molecule has 5 heteroatoms. The summed E-state index contributed by atoms with van der Waals surface area (Å²) in [6.07, 6.45) is 5.20. The summed E-state index contributed by atoms with van der Waals surface area (Å²) in [4.78, 5) is 16.3. The minimum Gasteiger partial charge on any atom is -0.357 e. The van der Waals surface area contributed by atoms with E-state index in [-0.39, 0.29) is 5.91 Å². The number of rotatable bonds is 7. The molecule has 5 nitrogen and oxygen atoms in total. The molecule has 1 fully saturated rings. The van der Waals surface area contributed by atoms with Crippen molar-refractivity contribution in [2.45, 2.75) is 71.9 Å². The van der Waals surface area contributed by atoms with Crippen LogP contribution in [-0.2, 0) is 4.79 Å². The first-order chi connectivity index (χ1) is 10.0. The summed E-state index contributed by atoms with van der Waals surface area (Å²) >= 11 is 0. The Labute approximate surface area is 129 Å². The van der Waals surface area contributed by atoms with Crippen LogP contribution in [0.25, 0.3) is 0 Å². The lowest BCUT2D eigenvalue weighted by atomic mass is 10.1. The van der Waals surface area contributed by atoms with Crippen molar-refractivity contribution in [1.82, 2.24) is 16.0 Å². The van der Waals surface area contributed by atoms with E-state index in [9.17, 15) is 4.79 Å². The molecule has 0 aromatic carbocycles. The van der Waals surface area contributed by atoms with Crippen LogP contribution in [0.2, 0.25) is 0 Å². The first-order valence-electron chi connectivity index (χ1n) is 8.37. The number of guanidine groups is 1. The molecule has 0 bridgehead atoms. The predicted octanol–water partition coefficient (Wildman–Crippen LogP) is 2.03. The topological polar surface area (TPSA) is 65.5 Å². The zero-order valence-electron chi connectivity index (χ0n) is 14.0. The average molecular weight is 296 g/mol. The van der Waals surface area contributed by atoms with Gasteiger partial charge in [-0.25, -0.2) is 0 Å². The molecule has 21 heavy (non-hydrogen) atoms. The summed E-state index contributed by atoms with van der Waals surface area (Å²) in [7, 11) is 0.